The van der Waals surface area contributed by atoms with Crippen molar-refractivity contribution in [2.45, 2.75) is 57.2 Å². The van der Waals surface area contributed by atoms with Crippen molar-refractivity contribution in [3.8, 4) is 0 Å². The highest BCUT2D eigenvalue weighted by Crippen LogP contribution is 2.39. The zero-order valence-corrected chi connectivity index (χ0v) is 12.4. The first kappa shape index (κ1) is 13.3. The quantitative estimate of drug-likeness (QED) is 0.919. The summed E-state index contributed by atoms with van der Waals surface area (Å²) >= 11 is 0. The second-order valence-corrected chi connectivity index (χ2v) is 6.33. The van der Waals surface area contributed by atoms with Crippen LogP contribution in [0.15, 0.2) is 18.2 Å². The summed E-state index contributed by atoms with van der Waals surface area (Å²) in [4.78, 5) is 4.90. The topological polar surface area (TPSA) is 53.1 Å². The van der Waals surface area contributed by atoms with Crippen molar-refractivity contribution < 1.29 is 4.74 Å². The fourth-order valence-corrected chi connectivity index (χ4v) is 3.40. The SMILES string of the molecule is NCc1ccc2c(c1)nc(CCC1CCCO1)n2C1CC1. The first-order chi connectivity index (χ1) is 10.3. The van der Waals surface area contributed by atoms with Crippen molar-refractivity contribution in [3.05, 3.63) is 29.6 Å². The van der Waals surface area contributed by atoms with E-state index < -0.39 is 0 Å². The fraction of sp³-hybridized carbons (Fsp3) is 0.588. The number of rotatable bonds is 5. The van der Waals surface area contributed by atoms with Crippen LogP contribution in [0.25, 0.3) is 11.0 Å². The molecule has 1 atom stereocenters. The highest BCUT2D eigenvalue weighted by atomic mass is 16.5. The third-order valence-corrected chi connectivity index (χ3v) is 4.69. The summed E-state index contributed by atoms with van der Waals surface area (Å²) in [6.07, 6.45) is 7.56. The van der Waals surface area contributed by atoms with Crippen LogP contribution in [0.1, 0.15) is 49.5 Å². The normalized spacial score (nSPS) is 22.2. The molecule has 2 aromatic rings. The number of nitrogens with two attached hydrogens (primary N) is 1. The van der Waals surface area contributed by atoms with E-state index in [1.54, 1.807) is 0 Å². The van der Waals surface area contributed by atoms with Gasteiger partial charge in [-0.05, 0) is 49.8 Å². The van der Waals surface area contributed by atoms with Gasteiger partial charge in [0.2, 0.25) is 0 Å². The van der Waals surface area contributed by atoms with Gasteiger partial charge in [0.1, 0.15) is 5.82 Å². The Kier molecular flexibility index (Phi) is 3.43. The van der Waals surface area contributed by atoms with Crippen LogP contribution in [0.2, 0.25) is 0 Å². The van der Waals surface area contributed by atoms with Crippen molar-refractivity contribution in [1.29, 1.82) is 0 Å². The molecule has 1 aromatic heterocycles. The maximum absolute atomic E-state index is 5.75. The highest BCUT2D eigenvalue weighted by Gasteiger charge is 2.28. The molecule has 1 saturated carbocycles. The van der Waals surface area contributed by atoms with Gasteiger partial charge in [-0.2, -0.15) is 0 Å². The molecule has 2 N–H and O–H groups in total. The average molecular weight is 285 g/mol. The molecule has 0 amide bonds. The fourth-order valence-electron chi connectivity index (χ4n) is 3.40. The summed E-state index contributed by atoms with van der Waals surface area (Å²) in [6, 6.07) is 7.13. The van der Waals surface area contributed by atoms with Crippen LogP contribution >= 0.6 is 0 Å². The van der Waals surface area contributed by atoms with E-state index in [1.165, 1.54) is 37.0 Å². The van der Waals surface area contributed by atoms with Crippen molar-refractivity contribution in [3.63, 3.8) is 0 Å². The minimum atomic E-state index is 0.442. The standard InChI is InChI=1S/C17H23N3O/c18-11-12-3-7-16-15(10-12)19-17(20(16)13-4-5-13)8-6-14-2-1-9-21-14/h3,7,10,13-14H,1-2,4-6,8-9,11,18H2. The third-order valence-electron chi connectivity index (χ3n) is 4.69. The summed E-state index contributed by atoms with van der Waals surface area (Å²) < 4.78 is 8.21. The number of aryl methyl sites for hydroxylation is 1. The van der Waals surface area contributed by atoms with E-state index in [0.29, 0.717) is 18.7 Å². The monoisotopic (exact) mass is 285 g/mol. The predicted octanol–water partition coefficient (Wildman–Crippen LogP) is 2.94. The zero-order valence-electron chi connectivity index (χ0n) is 12.4. The second-order valence-electron chi connectivity index (χ2n) is 6.33. The maximum atomic E-state index is 5.75. The molecule has 1 saturated heterocycles. The molecule has 0 radical (unpaired) electrons. The van der Waals surface area contributed by atoms with E-state index in [4.69, 9.17) is 15.5 Å². The van der Waals surface area contributed by atoms with Crippen LogP contribution < -0.4 is 5.73 Å². The Morgan fingerprint density at radius 3 is 2.90 bits per heavy atom. The average Bonchev–Trinajstić information content (AvgIpc) is 3.09. The molecule has 1 aromatic carbocycles. The molecule has 2 fully saturated rings. The largest absolute Gasteiger partial charge is 0.378 e. The van der Waals surface area contributed by atoms with Crippen LogP contribution in [-0.4, -0.2) is 22.3 Å². The molecule has 0 bridgehead atoms. The lowest BCUT2D eigenvalue weighted by Crippen LogP contribution is -2.09. The van der Waals surface area contributed by atoms with Crippen LogP contribution in [0.3, 0.4) is 0 Å². The minimum Gasteiger partial charge on any atom is -0.378 e. The molecule has 1 aliphatic heterocycles. The number of ether oxygens (including phenoxy) is 1. The lowest BCUT2D eigenvalue weighted by molar-refractivity contribution is 0.104. The molecule has 1 aliphatic carbocycles. The second kappa shape index (κ2) is 5.43. The van der Waals surface area contributed by atoms with E-state index in [1.807, 2.05) is 0 Å². The summed E-state index contributed by atoms with van der Waals surface area (Å²) in [5, 5.41) is 0. The molecule has 0 spiro atoms. The maximum Gasteiger partial charge on any atom is 0.110 e. The number of hydrogen-bond acceptors (Lipinski definition) is 3. The van der Waals surface area contributed by atoms with E-state index in [0.717, 1.165) is 30.5 Å². The molecule has 2 heterocycles. The van der Waals surface area contributed by atoms with Crippen molar-refractivity contribution in [2.24, 2.45) is 5.73 Å². The van der Waals surface area contributed by atoms with Gasteiger partial charge >= 0.3 is 0 Å². The van der Waals surface area contributed by atoms with E-state index in [9.17, 15) is 0 Å². The van der Waals surface area contributed by atoms with Gasteiger partial charge in [0.15, 0.2) is 0 Å². The summed E-state index contributed by atoms with van der Waals surface area (Å²) in [7, 11) is 0. The molecular weight excluding hydrogens is 262 g/mol. The Morgan fingerprint density at radius 1 is 1.29 bits per heavy atom. The summed E-state index contributed by atoms with van der Waals surface area (Å²) in [5.74, 6) is 1.23. The Bertz CT molecular complexity index is 639. The number of imidazole rings is 1. The minimum absolute atomic E-state index is 0.442. The number of aromatic nitrogens is 2. The van der Waals surface area contributed by atoms with Gasteiger partial charge in [-0.15, -0.1) is 0 Å². The number of benzene rings is 1. The first-order valence-electron chi connectivity index (χ1n) is 8.16. The Morgan fingerprint density at radius 2 is 2.19 bits per heavy atom. The third kappa shape index (κ3) is 2.58. The number of nitrogens with zero attached hydrogens (tertiary/aromatic N) is 2. The molecular formula is C17H23N3O. The Balaban J connectivity index is 1.64. The lowest BCUT2D eigenvalue weighted by atomic mass is 10.1. The highest BCUT2D eigenvalue weighted by molar-refractivity contribution is 5.77. The molecule has 4 rings (SSSR count). The van der Waals surface area contributed by atoms with Gasteiger partial charge < -0.3 is 15.0 Å². The van der Waals surface area contributed by atoms with Gasteiger partial charge in [0, 0.05) is 25.6 Å². The summed E-state index contributed by atoms with van der Waals surface area (Å²) in [5.41, 5.74) is 9.29. The van der Waals surface area contributed by atoms with Gasteiger partial charge in [-0.1, -0.05) is 6.07 Å². The zero-order chi connectivity index (χ0) is 14.2. The molecule has 4 nitrogen and oxygen atoms in total. The van der Waals surface area contributed by atoms with Gasteiger partial charge in [0.25, 0.3) is 0 Å². The van der Waals surface area contributed by atoms with Gasteiger partial charge in [0.05, 0.1) is 17.1 Å². The molecule has 112 valence electrons. The smallest absolute Gasteiger partial charge is 0.110 e. The molecule has 2 aliphatic rings. The van der Waals surface area contributed by atoms with Crippen LogP contribution in [0, 0.1) is 0 Å². The van der Waals surface area contributed by atoms with Crippen molar-refractivity contribution in [2.75, 3.05) is 6.61 Å². The Labute approximate surface area is 125 Å². The van der Waals surface area contributed by atoms with Crippen LogP contribution in [0.4, 0.5) is 0 Å². The molecule has 1 unspecified atom stereocenters. The van der Waals surface area contributed by atoms with Crippen LogP contribution in [-0.2, 0) is 17.7 Å². The molecule has 21 heavy (non-hydrogen) atoms. The van der Waals surface area contributed by atoms with Gasteiger partial charge in [-0.3, -0.25) is 0 Å². The van der Waals surface area contributed by atoms with Crippen molar-refractivity contribution >= 4 is 11.0 Å². The molecule has 4 heteroatoms. The first-order valence-corrected chi connectivity index (χ1v) is 8.16. The number of hydrogen-bond donors (Lipinski definition) is 1. The van der Waals surface area contributed by atoms with Crippen LogP contribution in [0.5, 0.6) is 0 Å². The van der Waals surface area contributed by atoms with E-state index >= 15 is 0 Å². The summed E-state index contributed by atoms with van der Waals surface area (Å²) in [6.45, 7) is 1.51. The predicted molar refractivity (Wildman–Crippen MR) is 83.2 cm³/mol. The van der Waals surface area contributed by atoms with Crippen molar-refractivity contribution in [1.82, 2.24) is 9.55 Å². The Hall–Kier alpha value is -1.39. The van der Waals surface area contributed by atoms with E-state index in [2.05, 4.69) is 22.8 Å². The van der Waals surface area contributed by atoms with E-state index in [-0.39, 0.29) is 0 Å². The van der Waals surface area contributed by atoms with Gasteiger partial charge in [-0.25, -0.2) is 4.98 Å². The lowest BCUT2D eigenvalue weighted by Gasteiger charge is -2.11. The number of fused-ring (bicyclic) bond motifs is 1.